The van der Waals surface area contributed by atoms with Gasteiger partial charge in [0.05, 0.1) is 6.54 Å². The molecule has 9 heteroatoms. The van der Waals surface area contributed by atoms with Crippen LogP contribution in [0, 0.1) is 5.82 Å². The molecule has 0 saturated carbocycles. The lowest BCUT2D eigenvalue weighted by atomic mass is 10.2. The summed E-state index contributed by atoms with van der Waals surface area (Å²) in [6.45, 7) is 2.90. The molecule has 0 heterocycles. The van der Waals surface area contributed by atoms with Gasteiger partial charge in [-0.3, -0.25) is 9.79 Å². The molecule has 31 heavy (non-hydrogen) atoms. The van der Waals surface area contributed by atoms with Gasteiger partial charge in [-0.05, 0) is 36.8 Å². The Morgan fingerprint density at radius 1 is 1.13 bits per heavy atom. The first-order chi connectivity index (χ1) is 14.4. The van der Waals surface area contributed by atoms with Crippen LogP contribution < -0.4 is 20.1 Å². The van der Waals surface area contributed by atoms with Crippen LogP contribution in [0.5, 0.6) is 11.5 Å². The van der Waals surface area contributed by atoms with Crippen molar-refractivity contribution in [2.45, 2.75) is 19.6 Å². The predicted octanol–water partition coefficient (Wildman–Crippen LogP) is 3.04. The normalized spacial score (nSPS) is 11.7. The monoisotopic (exact) mass is 544 g/mol. The van der Waals surface area contributed by atoms with Crippen LogP contribution in [0.1, 0.15) is 12.5 Å². The van der Waals surface area contributed by atoms with Gasteiger partial charge in [-0.1, -0.05) is 18.2 Å². The average Bonchev–Trinajstić information content (AvgIpc) is 2.72. The Morgan fingerprint density at radius 3 is 2.52 bits per heavy atom. The van der Waals surface area contributed by atoms with E-state index in [0.29, 0.717) is 30.5 Å². The Balaban J connectivity index is 0.00000480. The molecule has 7 nitrogen and oxygen atoms in total. The maximum Gasteiger partial charge on any atom is 0.259 e. The van der Waals surface area contributed by atoms with E-state index in [0.717, 1.165) is 5.56 Å². The maximum absolute atomic E-state index is 13.2. The van der Waals surface area contributed by atoms with Crippen molar-refractivity contribution in [3.05, 3.63) is 59.9 Å². The van der Waals surface area contributed by atoms with Crippen LogP contribution in [-0.4, -0.2) is 57.2 Å². The van der Waals surface area contributed by atoms with Crippen LogP contribution in [-0.2, 0) is 11.3 Å². The van der Waals surface area contributed by atoms with Crippen LogP contribution in [0.2, 0.25) is 0 Å². The van der Waals surface area contributed by atoms with E-state index in [-0.39, 0.29) is 48.4 Å². The summed E-state index contributed by atoms with van der Waals surface area (Å²) in [7, 11) is 5.06. The summed E-state index contributed by atoms with van der Waals surface area (Å²) < 4.78 is 24.5. The van der Waals surface area contributed by atoms with E-state index in [9.17, 15) is 9.18 Å². The number of nitrogens with one attached hydrogen (secondary N) is 2. The van der Waals surface area contributed by atoms with Gasteiger partial charge in [0.15, 0.2) is 12.6 Å². The number of likely N-dealkylation sites (N-methyl/N-ethyl adjacent to an activating group) is 1. The molecule has 0 saturated heterocycles. The number of amides is 1. The standard InChI is InChI=1S/C22H29FN4O3.HI/c1-16(30-20-10-6-8-18(23)12-20)13-25-22(24-2)26-14-17-7-5-9-19(11-17)29-15-21(28)27(3)4;/h5-12,16H,13-15H2,1-4H3,(H2,24,25,26);1H. The van der Waals surface area contributed by atoms with E-state index in [4.69, 9.17) is 9.47 Å². The molecule has 0 bridgehead atoms. The molecule has 0 aliphatic rings. The maximum atomic E-state index is 13.2. The summed E-state index contributed by atoms with van der Waals surface area (Å²) in [4.78, 5) is 17.3. The van der Waals surface area contributed by atoms with Crippen LogP contribution in [0.15, 0.2) is 53.5 Å². The lowest BCUT2D eigenvalue weighted by Crippen LogP contribution is -2.41. The number of halogens is 2. The van der Waals surface area contributed by atoms with Crippen LogP contribution in [0.3, 0.4) is 0 Å². The fraction of sp³-hybridized carbons (Fsp3) is 0.364. The van der Waals surface area contributed by atoms with Crippen LogP contribution >= 0.6 is 24.0 Å². The van der Waals surface area contributed by atoms with Crippen molar-refractivity contribution in [1.82, 2.24) is 15.5 Å². The number of carbonyl (C=O) groups excluding carboxylic acids is 1. The van der Waals surface area contributed by atoms with Gasteiger partial charge in [-0.25, -0.2) is 4.39 Å². The van der Waals surface area contributed by atoms with Crippen molar-refractivity contribution in [2.24, 2.45) is 4.99 Å². The van der Waals surface area contributed by atoms with Gasteiger partial charge in [0.25, 0.3) is 5.91 Å². The van der Waals surface area contributed by atoms with Gasteiger partial charge in [-0.15, -0.1) is 24.0 Å². The second-order valence-electron chi connectivity index (χ2n) is 6.92. The Bertz CT molecular complexity index is 864. The highest BCUT2D eigenvalue weighted by Crippen LogP contribution is 2.14. The van der Waals surface area contributed by atoms with E-state index < -0.39 is 0 Å². The van der Waals surface area contributed by atoms with Crippen LogP contribution in [0.25, 0.3) is 0 Å². The zero-order valence-corrected chi connectivity index (χ0v) is 20.6. The molecule has 0 aliphatic heterocycles. The minimum atomic E-state index is -0.331. The van der Waals surface area contributed by atoms with E-state index >= 15 is 0 Å². The molecular weight excluding hydrogens is 514 g/mol. The molecule has 2 N–H and O–H groups in total. The fourth-order valence-electron chi connectivity index (χ4n) is 2.48. The molecule has 0 spiro atoms. The van der Waals surface area contributed by atoms with Gasteiger partial charge in [0.1, 0.15) is 23.4 Å². The SMILES string of the molecule is CN=C(NCc1cccc(OCC(=O)N(C)C)c1)NCC(C)Oc1cccc(F)c1.I. The highest BCUT2D eigenvalue weighted by molar-refractivity contribution is 14.0. The van der Waals surface area contributed by atoms with Crippen molar-refractivity contribution >= 4 is 35.8 Å². The average molecular weight is 544 g/mol. The summed E-state index contributed by atoms with van der Waals surface area (Å²) >= 11 is 0. The van der Waals surface area contributed by atoms with Crippen molar-refractivity contribution in [3.8, 4) is 11.5 Å². The Labute approximate surface area is 200 Å². The third-order valence-corrected chi connectivity index (χ3v) is 4.13. The first-order valence-electron chi connectivity index (χ1n) is 9.66. The second-order valence-corrected chi connectivity index (χ2v) is 6.92. The molecule has 0 aliphatic carbocycles. The van der Waals surface area contributed by atoms with Crippen molar-refractivity contribution in [1.29, 1.82) is 0 Å². The first-order valence-corrected chi connectivity index (χ1v) is 9.66. The quantitative estimate of drug-likeness (QED) is 0.289. The number of benzene rings is 2. The Kier molecular flexibility index (Phi) is 11.7. The highest BCUT2D eigenvalue weighted by Gasteiger charge is 2.08. The zero-order valence-electron chi connectivity index (χ0n) is 18.2. The van der Waals surface area contributed by atoms with Gasteiger partial charge in [-0.2, -0.15) is 0 Å². The lowest BCUT2D eigenvalue weighted by Gasteiger charge is -2.18. The highest BCUT2D eigenvalue weighted by atomic mass is 127. The van der Waals surface area contributed by atoms with E-state index in [1.54, 1.807) is 33.3 Å². The summed E-state index contributed by atoms with van der Waals surface area (Å²) in [5.41, 5.74) is 0.983. The van der Waals surface area contributed by atoms with E-state index in [1.807, 2.05) is 31.2 Å². The van der Waals surface area contributed by atoms with Gasteiger partial charge in [0.2, 0.25) is 0 Å². The largest absolute Gasteiger partial charge is 0.489 e. The number of hydrogen-bond acceptors (Lipinski definition) is 4. The Morgan fingerprint density at radius 2 is 1.84 bits per heavy atom. The number of ether oxygens (including phenoxy) is 2. The summed E-state index contributed by atoms with van der Waals surface area (Å²) in [6, 6.07) is 13.6. The molecule has 2 rings (SSSR count). The molecule has 1 amide bonds. The number of nitrogens with zero attached hydrogens (tertiary/aromatic N) is 2. The molecule has 0 radical (unpaired) electrons. The minimum Gasteiger partial charge on any atom is -0.489 e. The molecule has 170 valence electrons. The first kappa shape index (κ1) is 26.5. The summed E-state index contributed by atoms with van der Waals surface area (Å²) in [5.74, 6) is 1.29. The third-order valence-electron chi connectivity index (χ3n) is 4.13. The van der Waals surface area contributed by atoms with Crippen LogP contribution in [0.4, 0.5) is 4.39 Å². The molecule has 0 aromatic heterocycles. The number of hydrogen-bond donors (Lipinski definition) is 2. The second kappa shape index (κ2) is 13.7. The molecule has 1 unspecified atom stereocenters. The zero-order chi connectivity index (χ0) is 21.9. The van der Waals surface area contributed by atoms with Crippen molar-refractivity contribution < 1.29 is 18.7 Å². The molecule has 1 atom stereocenters. The van der Waals surface area contributed by atoms with Gasteiger partial charge >= 0.3 is 0 Å². The number of rotatable bonds is 9. The summed E-state index contributed by atoms with van der Waals surface area (Å²) in [5, 5.41) is 6.40. The number of carbonyl (C=O) groups is 1. The van der Waals surface area contributed by atoms with Crippen molar-refractivity contribution in [2.75, 3.05) is 34.3 Å². The summed E-state index contributed by atoms with van der Waals surface area (Å²) in [6.07, 6.45) is -0.184. The van der Waals surface area contributed by atoms with E-state index in [2.05, 4.69) is 15.6 Å². The number of guanidine groups is 1. The molecule has 2 aromatic rings. The molecular formula is C22H30FIN4O3. The van der Waals surface area contributed by atoms with Gasteiger partial charge < -0.3 is 25.0 Å². The number of aliphatic imine (C=N–C) groups is 1. The molecule has 0 fully saturated rings. The minimum absolute atomic E-state index is 0. The smallest absolute Gasteiger partial charge is 0.259 e. The third kappa shape index (κ3) is 9.86. The fourth-order valence-corrected chi connectivity index (χ4v) is 2.48. The molecule has 2 aromatic carbocycles. The van der Waals surface area contributed by atoms with Crippen molar-refractivity contribution in [3.63, 3.8) is 0 Å². The topological polar surface area (TPSA) is 75.2 Å². The Hall–Kier alpha value is -2.56. The van der Waals surface area contributed by atoms with E-state index in [1.165, 1.54) is 17.0 Å². The lowest BCUT2D eigenvalue weighted by molar-refractivity contribution is -0.130. The predicted molar refractivity (Wildman–Crippen MR) is 131 cm³/mol. The van der Waals surface area contributed by atoms with Gasteiger partial charge in [0, 0.05) is 33.8 Å².